The Bertz CT molecular complexity index is 1190. The fraction of sp³-hybridized carbons (Fsp3) is 0.250. The standard InChI is InChI=1S/C28H28N2O5/c1-2-9-18(27(32)33)16-29-26(31)23-14-7-8-15-25(23)30-28(34)35-17-24-21-12-5-3-10-19(21)20-11-4-6-13-22(20)24/h3-8,10-15,18,24H,2,9,16-17H2,1H3,(H,29,31)(H,30,34)(H,32,33). The number of carboxylic acid groups (broad SMARTS) is 1. The third-order valence-corrected chi connectivity index (χ3v) is 6.25. The fourth-order valence-corrected chi connectivity index (χ4v) is 4.51. The number of hydrogen-bond acceptors (Lipinski definition) is 4. The van der Waals surface area contributed by atoms with E-state index >= 15 is 0 Å². The van der Waals surface area contributed by atoms with Gasteiger partial charge in [-0.15, -0.1) is 0 Å². The summed E-state index contributed by atoms with van der Waals surface area (Å²) in [7, 11) is 0. The van der Waals surface area contributed by atoms with Crippen LogP contribution in [0.25, 0.3) is 11.1 Å². The number of fused-ring (bicyclic) bond motifs is 3. The fourth-order valence-electron chi connectivity index (χ4n) is 4.51. The number of anilines is 1. The molecule has 0 aromatic heterocycles. The van der Waals surface area contributed by atoms with Crippen molar-refractivity contribution < 1.29 is 24.2 Å². The van der Waals surface area contributed by atoms with Crippen LogP contribution in [0.1, 0.15) is 47.2 Å². The molecule has 180 valence electrons. The van der Waals surface area contributed by atoms with E-state index in [4.69, 9.17) is 4.74 Å². The molecular formula is C28H28N2O5. The molecule has 1 unspecified atom stereocenters. The number of carbonyl (C=O) groups excluding carboxylic acids is 2. The normalized spacial score (nSPS) is 12.8. The molecular weight excluding hydrogens is 444 g/mol. The number of nitrogens with one attached hydrogen (secondary N) is 2. The van der Waals surface area contributed by atoms with Crippen LogP contribution in [0.2, 0.25) is 0 Å². The molecule has 1 aliphatic carbocycles. The Kier molecular flexibility index (Phi) is 7.45. The van der Waals surface area contributed by atoms with Gasteiger partial charge in [-0.3, -0.25) is 14.9 Å². The number of carbonyl (C=O) groups is 3. The Balaban J connectivity index is 1.41. The second kappa shape index (κ2) is 10.9. The van der Waals surface area contributed by atoms with Crippen LogP contribution in [-0.2, 0) is 9.53 Å². The molecule has 1 aliphatic rings. The van der Waals surface area contributed by atoms with Crippen LogP contribution >= 0.6 is 0 Å². The van der Waals surface area contributed by atoms with Crippen LogP contribution in [0.15, 0.2) is 72.8 Å². The molecule has 0 spiro atoms. The highest BCUT2D eigenvalue weighted by atomic mass is 16.5. The largest absolute Gasteiger partial charge is 0.481 e. The van der Waals surface area contributed by atoms with E-state index < -0.39 is 23.9 Å². The molecule has 2 amide bonds. The van der Waals surface area contributed by atoms with E-state index in [9.17, 15) is 19.5 Å². The van der Waals surface area contributed by atoms with Crippen molar-refractivity contribution in [3.8, 4) is 11.1 Å². The average Bonchev–Trinajstić information content (AvgIpc) is 3.19. The molecule has 0 bridgehead atoms. The maximum atomic E-state index is 12.7. The van der Waals surface area contributed by atoms with Crippen LogP contribution < -0.4 is 10.6 Å². The Morgan fingerprint density at radius 3 is 2.14 bits per heavy atom. The van der Waals surface area contributed by atoms with Gasteiger partial charge in [-0.2, -0.15) is 0 Å². The number of ether oxygens (including phenoxy) is 1. The Labute approximate surface area is 204 Å². The third-order valence-electron chi connectivity index (χ3n) is 6.25. The van der Waals surface area contributed by atoms with Crippen molar-refractivity contribution in [1.29, 1.82) is 0 Å². The quantitative estimate of drug-likeness (QED) is 0.393. The third kappa shape index (κ3) is 5.35. The van der Waals surface area contributed by atoms with E-state index in [-0.39, 0.29) is 24.6 Å². The van der Waals surface area contributed by atoms with Crippen LogP contribution in [0.4, 0.5) is 10.5 Å². The monoisotopic (exact) mass is 472 g/mol. The van der Waals surface area contributed by atoms with Gasteiger partial charge in [0, 0.05) is 12.5 Å². The van der Waals surface area contributed by atoms with Gasteiger partial charge in [0.15, 0.2) is 0 Å². The highest BCUT2D eigenvalue weighted by molar-refractivity contribution is 6.02. The predicted molar refractivity (Wildman–Crippen MR) is 134 cm³/mol. The summed E-state index contributed by atoms with van der Waals surface area (Å²) < 4.78 is 5.58. The zero-order valence-corrected chi connectivity index (χ0v) is 19.5. The van der Waals surface area contributed by atoms with Gasteiger partial charge in [0.1, 0.15) is 6.61 Å². The first-order valence-electron chi connectivity index (χ1n) is 11.7. The van der Waals surface area contributed by atoms with E-state index in [0.29, 0.717) is 18.5 Å². The van der Waals surface area contributed by atoms with Crippen molar-refractivity contribution in [2.75, 3.05) is 18.5 Å². The second-order valence-corrected chi connectivity index (χ2v) is 8.53. The maximum absolute atomic E-state index is 12.7. The summed E-state index contributed by atoms with van der Waals surface area (Å²) in [6.45, 7) is 2.07. The first-order valence-corrected chi connectivity index (χ1v) is 11.7. The highest BCUT2D eigenvalue weighted by Crippen LogP contribution is 2.44. The molecule has 3 aromatic carbocycles. The topological polar surface area (TPSA) is 105 Å². The van der Waals surface area contributed by atoms with Crippen LogP contribution in [0.5, 0.6) is 0 Å². The molecule has 3 aromatic rings. The Morgan fingerprint density at radius 2 is 1.51 bits per heavy atom. The highest BCUT2D eigenvalue weighted by Gasteiger charge is 2.29. The summed E-state index contributed by atoms with van der Waals surface area (Å²) >= 11 is 0. The van der Waals surface area contributed by atoms with Crippen molar-refractivity contribution in [1.82, 2.24) is 5.32 Å². The Hall–Kier alpha value is -4.13. The zero-order valence-electron chi connectivity index (χ0n) is 19.5. The minimum Gasteiger partial charge on any atom is -0.481 e. The van der Waals surface area contributed by atoms with Crippen molar-refractivity contribution in [3.63, 3.8) is 0 Å². The lowest BCUT2D eigenvalue weighted by molar-refractivity contribution is -0.141. The molecule has 0 saturated heterocycles. The van der Waals surface area contributed by atoms with Gasteiger partial charge in [0.2, 0.25) is 0 Å². The van der Waals surface area contributed by atoms with Gasteiger partial charge in [-0.05, 0) is 40.8 Å². The molecule has 4 rings (SSSR count). The van der Waals surface area contributed by atoms with Gasteiger partial charge in [-0.25, -0.2) is 4.79 Å². The minimum absolute atomic E-state index is 0.0152. The smallest absolute Gasteiger partial charge is 0.411 e. The molecule has 0 fully saturated rings. The molecule has 3 N–H and O–H groups in total. The first kappa shape index (κ1) is 24.0. The molecule has 0 saturated carbocycles. The van der Waals surface area contributed by atoms with E-state index in [0.717, 1.165) is 22.3 Å². The number of carboxylic acids is 1. The number of amides is 2. The van der Waals surface area contributed by atoms with Crippen molar-refractivity contribution in [2.45, 2.75) is 25.7 Å². The second-order valence-electron chi connectivity index (χ2n) is 8.53. The van der Waals surface area contributed by atoms with E-state index in [1.165, 1.54) is 0 Å². The molecule has 7 heteroatoms. The van der Waals surface area contributed by atoms with E-state index in [1.807, 2.05) is 43.3 Å². The lowest BCUT2D eigenvalue weighted by atomic mass is 9.98. The van der Waals surface area contributed by atoms with Gasteiger partial charge in [0.25, 0.3) is 5.91 Å². The van der Waals surface area contributed by atoms with Gasteiger partial charge < -0.3 is 15.2 Å². The summed E-state index contributed by atoms with van der Waals surface area (Å²) in [5.41, 5.74) is 5.04. The molecule has 35 heavy (non-hydrogen) atoms. The van der Waals surface area contributed by atoms with Crippen molar-refractivity contribution >= 4 is 23.7 Å². The average molecular weight is 473 g/mol. The van der Waals surface area contributed by atoms with Gasteiger partial charge in [0.05, 0.1) is 17.2 Å². The number of aliphatic carboxylic acids is 1. The minimum atomic E-state index is -0.947. The lowest BCUT2D eigenvalue weighted by Crippen LogP contribution is -2.33. The summed E-state index contributed by atoms with van der Waals surface area (Å²) in [5, 5.41) is 14.6. The lowest BCUT2D eigenvalue weighted by Gasteiger charge is -2.16. The van der Waals surface area contributed by atoms with Crippen LogP contribution in [0.3, 0.4) is 0 Å². The van der Waals surface area contributed by atoms with E-state index in [2.05, 4.69) is 22.8 Å². The summed E-state index contributed by atoms with van der Waals surface area (Å²) in [5.74, 6) is -2.14. The van der Waals surface area contributed by atoms with Gasteiger partial charge >= 0.3 is 12.1 Å². The van der Waals surface area contributed by atoms with E-state index in [1.54, 1.807) is 24.3 Å². The predicted octanol–water partition coefficient (Wildman–Crippen LogP) is 5.28. The molecule has 0 radical (unpaired) electrons. The van der Waals surface area contributed by atoms with Crippen LogP contribution in [0, 0.1) is 5.92 Å². The van der Waals surface area contributed by atoms with Gasteiger partial charge in [-0.1, -0.05) is 74.0 Å². The number of rotatable bonds is 9. The van der Waals surface area contributed by atoms with Crippen molar-refractivity contribution in [2.24, 2.45) is 5.92 Å². The van der Waals surface area contributed by atoms with Crippen LogP contribution in [-0.4, -0.2) is 36.2 Å². The molecule has 1 atom stereocenters. The Morgan fingerprint density at radius 1 is 0.914 bits per heavy atom. The SMILES string of the molecule is CCCC(CNC(=O)c1ccccc1NC(=O)OCC1c2ccccc2-c2ccccc21)C(=O)O. The summed E-state index contributed by atoms with van der Waals surface area (Å²) in [6.07, 6.45) is 0.503. The zero-order chi connectivity index (χ0) is 24.8. The number of benzene rings is 3. The molecule has 0 heterocycles. The number of hydrogen-bond donors (Lipinski definition) is 3. The first-order chi connectivity index (χ1) is 17.0. The van der Waals surface area contributed by atoms with Crippen molar-refractivity contribution in [3.05, 3.63) is 89.5 Å². The summed E-state index contributed by atoms with van der Waals surface area (Å²) in [4.78, 5) is 36.8. The molecule has 0 aliphatic heterocycles. The summed E-state index contributed by atoms with van der Waals surface area (Å²) in [6, 6.07) is 22.7. The number of para-hydroxylation sites is 1. The maximum Gasteiger partial charge on any atom is 0.411 e. The molecule has 7 nitrogen and oxygen atoms in total.